The Kier molecular flexibility index (Phi) is 3.91. The van der Waals surface area contributed by atoms with Gasteiger partial charge in [-0.25, -0.2) is 13.8 Å². The molecule has 2 aromatic carbocycles. The molecule has 0 bridgehead atoms. The van der Waals surface area contributed by atoms with Gasteiger partial charge >= 0.3 is 0 Å². The number of nitrogens with one attached hydrogen (secondary N) is 1. The Morgan fingerprint density at radius 3 is 2.50 bits per heavy atom. The Morgan fingerprint density at radius 1 is 1.15 bits per heavy atom. The molecule has 7 heteroatoms. The van der Waals surface area contributed by atoms with Gasteiger partial charge in [-0.1, -0.05) is 12.1 Å². The summed E-state index contributed by atoms with van der Waals surface area (Å²) in [5, 5.41) is 2.76. The van der Waals surface area contributed by atoms with Gasteiger partial charge in [0, 0.05) is 18.4 Å². The van der Waals surface area contributed by atoms with Crippen LogP contribution in [0.25, 0.3) is 5.69 Å². The van der Waals surface area contributed by atoms with E-state index in [1.54, 1.807) is 7.11 Å². The van der Waals surface area contributed by atoms with Gasteiger partial charge < -0.3 is 10.1 Å². The topological polar surface area (TPSA) is 56.1 Å². The summed E-state index contributed by atoms with van der Waals surface area (Å²) >= 11 is 0. The Balaban J connectivity index is 1.79. The second kappa shape index (κ2) is 6.25. The number of hydrogen-bond acceptors (Lipinski definition) is 3. The van der Waals surface area contributed by atoms with Gasteiger partial charge in [0.05, 0.1) is 18.5 Å². The predicted molar refractivity (Wildman–Crippen MR) is 91.6 cm³/mol. The molecule has 3 aromatic rings. The first kappa shape index (κ1) is 16.3. The van der Waals surface area contributed by atoms with Crippen LogP contribution in [0.4, 0.5) is 14.6 Å². The minimum Gasteiger partial charge on any atom is -0.497 e. The number of nitrogens with zero attached hydrogens (tertiary/aromatic N) is 2. The number of halogens is 2. The number of carbonyl (C=O) groups is 1. The highest BCUT2D eigenvalue weighted by Gasteiger charge is 2.31. The maximum absolute atomic E-state index is 13.6. The van der Waals surface area contributed by atoms with Crippen molar-refractivity contribution in [1.82, 2.24) is 9.55 Å². The standard InChI is InChI=1S/C19H15F2N3O2/c1-26-15-4-2-11(3-5-15)16-9-17(25)23-19-18(16)22-10-24(19)14-7-12(20)6-13(21)8-14/h2-8,10,16H,9H2,1H3,(H,23,25)/t16-/m1/s1. The first-order valence-electron chi connectivity index (χ1n) is 8.02. The summed E-state index contributed by atoms with van der Waals surface area (Å²) in [5.74, 6) is -0.684. The summed E-state index contributed by atoms with van der Waals surface area (Å²) in [6.45, 7) is 0. The number of anilines is 1. The minimum atomic E-state index is -0.698. The third-order valence-electron chi connectivity index (χ3n) is 4.42. The fourth-order valence-electron chi connectivity index (χ4n) is 3.19. The maximum Gasteiger partial charge on any atom is 0.226 e. The first-order valence-corrected chi connectivity index (χ1v) is 8.02. The lowest BCUT2D eigenvalue weighted by Crippen LogP contribution is -2.24. The molecule has 26 heavy (non-hydrogen) atoms. The van der Waals surface area contributed by atoms with Gasteiger partial charge in [-0.05, 0) is 29.8 Å². The van der Waals surface area contributed by atoms with E-state index in [-0.39, 0.29) is 23.9 Å². The van der Waals surface area contributed by atoms with E-state index in [0.29, 0.717) is 11.5 Å². The number of fused-ring (bicyclic) bond motifs is 1. The molecule has 5 nitrogen and oxygen atoms in total. The highest BCUT2D eigenvalue weighted by molar-refractivity contribution is 5.94. The fourth-order valence-corrected chi connectivity index (χ4v) is 3.19. The summed E-state index contributed by atoms with van der Waals surface area (Å²) in [7, 11) is 1.58. The Hall–Kier alpha value is -3.22. The number of aromatic nitrogens is 2. The zero-order valence-corrected chi connectivity index (χ0v) is 13.9. The van der Waals surface area contributed by atoms with E-state index in [1.807, 2.05) is 24.3 Å². The third kappa shape index (κ3) is 2.81. The van der Waals surface area contributed by atoms with Crippen molar-refractivity contribution in [1.29, 1.82) is 0 Å². The van der Waals surface area contributed by atoms with Crippen LogP contribution in [-0.2, 0) is 4.79 Å². The Labute approximate surface area is 148 Å². The molecular weight excluding hydrogens is 340 g/mol. The van der Waals surface area contributed by atoms with Crippen LogP contribution >= 0.6 is 0 Å². The number of methoxy groups -OCH3 is 1. The van der Waals surface area contributed by atoms with Crippen molar-refractivity contribution < 1.29 is 18.3 Å². The summed E-state index contributed by atoms with van der Waals surface area (Å²) in [5.41, 5.74) is 1.82. The number of rotatable bonds is 3. The van der Waals surface area contributed by atoms with Gasteiger partial charge in [0.2, 0.25) is 5.91 Å². The lowest BCUT2D eigenvalue weighted by atomic mass is 9.90. The molecule has 0 spiro atoms. The van der Waals surface area contributed by atoms with E-state index < -0.39 is 11.6 Å². The predicted octanol–water partition coefficient (Wildman–Crippen LogP) is 3.63. The average Bonchev–Trinajstić information content (AvgIpc) is 3.04. The molecule has 1 atom stereocenters. The zero-order chi connectivity index (χ0) is 18.3. The molecule has 0 saturated heterocycles. The monoisotopic (exact) mass is 355 g/mol. The van der Waals surface area contributed by atoms with Crippen molar-refractivity contribution in [2.75, 3.05) is 12.4 Å². The zero-order valence-electron chi connectivity index (χ0n) is 13.9. The SMILES string of the molecule is COc1ccc([C@H]2CC(=O)Nc3c2ncn3-c2cc(F)cc(F)c2)cc1. The van der Waals surface area contributed by atoms with E-state index in [1.165, 1.54) is 23.0 Å². The van der Waals surface area contributed by atoms with Crippen molar-refractivity contribution in [3.8, 4) is 11.4 Å². The Morgan fingerprint density at radius 2 is 1.85 bits per heavy atom. The molecule has 1 aliphatic heterocycles. The van der Waals surface area contributed by atoms with Crippen LogP contribution in [0.15, 0.2) is 48.8 Å². The van der Waals surface area contributed by atoms with Crippen LogP contribution in [0.3, 0.4) is 0 Å². The molecule has 1 aliphatic rings. The number of carbonyl (C=O) groups excluding carboxylic acids is 1. The number of hydrogen-bond donors (Lipinski definition) is 1. The van der Waals surface area contributed by atoms with Crippen LogP contribution in [0.5, 0.6) is 5.75 Å². The molecule has 1 N–H and O–H groups in total. The smallest absolute Gasteiger partial charge is 0.226 e. The largest absolute Gasteiger partial charge is 0.497 e. The van der Waals surface area contributed by atoms with Gasteiger partial charge in [-0.15, -0.1) is 0 Å². The van der Waals surface area contributed by atoms with Crippen LogP contribution < -0.4 is 10.1 Å². The van der Waals surface area contributed by atoms with Gasteiger partial charge in [0.1, 0.15) is 29.5 Å². The van der Waals surface area contributed by atoms with Gasteiger partial charge in [-0.2, -0.15) is 0 Å². The van der Waals surface area contributed by atoms with E-state index in [2.05, 4.69) is 10.3 Å². The number of imidazole rings is 1. The van der Waals surface area contributed by atoms with E-state index >= 15 is 0 Å². The first-order chi connectivity index (χ1) is 12.5. The summed E-state index contributed by atoms with van der Waals surface area (Å²) in [6, 6.07) is 10.6. The molecule has 1 aromatic heterocycles. The molecule has 0 saturated carbocycles. The van der Waals surface area contributed by atoms with E-state index in [0.717, 1.165) is 17.4 Å². The van der Waals surface area contributed by atoms with Crippen molar-refractivity contribution in [2.24, 2.45) is 0 Å². The lowest BCUT2D eigenvalue weighted by Gasteiger charge is -2.23. The quantitative estimate of drug-likeness (QED) is 0.781. The summed E-state index contributed by atoms with van der Waals surface area (Å²) in [4.78, 5) is 16.6. The third-order valence-corrected chi connectivity index (χ3v) is 4.42. The minimum absolute atomic E-state index is 0.183. The molecular formula is C19H15F2N3O2. The molecule has 132 valence electrons. The molecule has 4 rings (SSSR count). The fraction of sp³-hybridized carbons (Fsp3) is 0.158. The second-order valence-electron chi connectivity index (χ2n) is 6.05. The second-order valence-corrected chi connectivity index (χ2v) is 6.05. The van der Waals surface area contributed by atoms with Crippen LogP contribution in [0, 0.1) is 11.6 Å². The Bertz CT molecular complexity index is 963. The number of benzene rings is 2. The molecule has 0 aliphatic carbocycles. The molecule has 0 fully saturated rings. The highest BCUT2D eigenvalue weighted by Crippen LogP contribution is 2.37. The van der Waals surface area contributed by atoms with Crippen LogP contribution in [0.1, 0.15) is 23.6 Å². The van der Waals surface area contributed by atoms with Crippen LogP contribution in [0.2, 0.25) is 0 Å². The van der Waals surface area contributed by atoms with Gasteiger partial charge in [0.25, 0.3) is 0 Å². The summed E-state index contributed by atoms with van der Waals surface area (Å²) < 4.78 is 33.8. The van der Waals surface area contributed by atoms with Gasteiger partial charge in [-0.3, -0.25) is 9.36 Å². The highest BCUT2D eigenvalue weighted by atomic mass is 19.1. The molecule has 2 heterocycles. The lowest BCUT2D eigenvalue weighted by molar-refractivity contribution is -0.116. The van der Waals surface area contributed by atoms with E-state index in [4.69, 9.17) is 4.74 Å². The molecule has 0 radical (unpaired) electrons. The maximum atomic E-state index is 13.6. The van der Waals surface area contributed by atoms with Crippen molar-refractivity contribution in [3.63, 3.8) is 0 Å². The average molecular weight is 355 g/mol. The van der Waals surface area contributed by atoms with Crippen LogP contribution in [-0.4, -0.2) is 22.6 Å². The van der Waals surface area contributed by atoms with Crippen molar-refractivity contribution in [2.45, 2.75) is 12.3 Å². The van der Waals surface area contributed by atoms with Crippen molar-refractivity contribution in [3.05, 3.63) is 71.7 Å². The summed E-state index contributed by atoms with van der Waals surface area (Å²) in [6.07, 6.45) is 1.70. The normalized spacial score (nSPS) is 16.1. The van der Waals surface area contributed by atoms with Gasteiger partial charge in [0.15, 0.2) is 0 Å². The number of amides is 1. The molecule has 0 unspecified atom stereocenters. The van der Waals surface area contributed by atoms with E-state index in [9.17, 15) is 13.6 Å². The molecule has 1 amide bonds. The van der Waals surface area contributed by atoms with Crippen molar-refractivity contribution >= 4 is 11.7 Å². The number of ether oxygens (including phenoxy) is 1.